The van der Waals surface area contributed by atoms with E-state index < -0.39 is 0 Å². The normalized spacial score (nSPS) is 15.7. The first-order chi connectivity index (χ1) is 9.72. The molecule has 1 fully saturated rings. The molecule has 1 aliphatic carbocycles. The van der Waals surface area contributed by atoms with Crippen molar-refractivity contribution >= 4 is 34.6 Å². The monoisotopic (exact) mass is 308 g/mol. The van der Waals surface area contributed by atoms with E-state index in [2.05, 4.69) is 16.8 Å². The van der Waals surface area contributed by atoms with Gasteiger partial charge in [-0.2, -0.15) is 0 Å². The maximum Gasteiger partial charge on any atom is 0.173 e. The zero-order valence-electron chi connectivity index (χ0n) is 11.6. The summed E-state index contributed by atoms with van der Waals surface area (Å²) in [5.41, 5.74) is 0.865. The summed E-state index contributed by atoms with van der Waals surface area (Å²) in [5, 5.41) is 4.70. The number of nitrogens with one attached hydrogen (secondary N) is 1. The van der Waals surface area contributed by atoms with Gasteiger partial charge in [0, 0.05) is 12.6 Å². The lowest BCUT2D eigenvalue weighted by Gasteiger charge is -2.35. The lowest BCUT2D eigenvalue weighted by atomic mass is 9.94. The Balaban J connectivity index is 2.06. The molecule has 0 radical (unpaired) electrons. The van der Waals surface area contributed by atoms with E-state index in [-0.39, 0.29) is 0 Å². The van der Waals surface area contributed by atoms with Gasteiger partial charge in [-0.3, -0.25) is 0 Å². The Labute approximate surface area is 131 Å². The van der Waals surface area contributed by atoms with Gasteiger partial charge in [0.15, 0.2) is 5.11 Å². The molecule has 0 spiro atoms. The van der Waals surface area contributed by atoms with E-state index in [9.17, 15) is 0 Å². The fraction of sp³-hybridized carbons (Fsp3) is 0.438. The minimum Gasteiger partial charge on any atom is -0.342 e. The van der Waals surface area contributed by atoms with Crippen molar-refractivity contribution in [1.29, 1.82) is 0 Å². The van der Waals surface area contributed by atoms with E-state index in [0.29, 0.717) is 11.1 Å². The van der Waals surface area contributed by atoms with Crippen LogP contribution < -0.4 is 5.32 Å². The molecule has 1 aliphatic rings. The average molecular weight is 309 g/mol. The molecule has 2 nitrogen and oxygen atoms in total. The van der Waals surface area contributed by atoms with Crippen LogP contribution in [0.15, 0.2) is 36.9 Å². The fourth-order valence-corrected chi connectivity index (χ4v) is 3.20. The second-order valence-corrected chi connectivity index (χ2v) is 5.94. The van der Waals surface area contributed by atoms with Gasteiger partial charge in [0.05, 0.1) is 10.7 Å². The second-order valence-electron chi connectivity index (χ2n) is 5.14. The molecule has 1 aromatic carbocycles. The van der Waals surface area contributed by atoms with Crippen LogP contribution >= 0.6 is 23.8 Å². The molecule has 0 bridgehead atoms. The van der Waals surface area contributed by atoms with Crippen molar-refractivity contribution in [3.05, 3.63) is 41.9 Å². The fourth-order valence-electron chi connectivity index (χ4n) is 2.68. The van der Waals surface area contributed by atoms with Crippen LogP contribution in [0.5, 0.6) is 0 Å². The number of para-hydroxylation sites is 1. The van der Waals surface area contributed by atoms with Gasteiger partial charge in [-0.1, -0.05) is 49.1 Å². The molecule has 1 saturated carbocycles. The Hall–Kier alpha value is -1.06. The van der Waals surface area contributed by atoms with Gasteiger partial charge in [-0.15, -0.1) is 6.58 Å². The van der Waals surface area contributed by atoms with Crippen molar-refractivity contribution in [2.75, 3.05) is 11.9 Å². The smallest absolute Gasteiger partial charge is 0.173 e. The Kier molecular flexibility index (Phi) is 5.86. The number of thiocarbonyl (C=S) groups is 1. The van der Waals surface area contributed by atoms with Crippen LogP contribution in [0.1, 0.15) is 32.1 Å². The molecule has 1 aromatic rings. The standard InChI is InChI=1S/C16H21ClN2S/c1-2-12-19(13-8-4-3-5-9-13)16(20)18-15-11-7-6-10-14(15)17/h2,6-7,10-11,13H,1,3-5,8-9,12H2,(H,18,20). The van der Waals surface area contributed by atoms with Crippen molar-refractivity contribution in [2.24, 2.45) is 0 Å². The SMILES string of the molecule is C=CCN(C(=S)Nc1ccccc1Cl)C1CCCCC1. The van der Waals surface area contributed by atoms with Crippen LogP contribution in [-0.4, -0.2) is 22.6 Å². The number of halogens is 1. The van der Waals surface area contributed by atoms with Gasteiger partial charge < -0.3 is 10.2 Å². The van der Waals surface area contributed by atoms with Crippen LogP contribution in [0.4, 0.5) is 5.69 Å². The molecule has 0 atom stereocenters. The molecule has 0 aromatic heterocycles. The highest BCUT2D eigenvalue weighted by atomic mass is 35.5. The highest BCUT2D eigenvalue weighted by molar-refractivity contribution is 7.80. The van der Waals surface area contributed by atoms with Gasteiger partial charge >= 0.3 is 0 Å². The summed E-state index contributed by atoms with van der Waals surface area (Å²) < 4.78 is 0. The first-order valence-electron chi connectivity index (χ1n) is 7.15. The highest BCUT2D eigenvalue weighted by Gasteiger charge is 2.22. The van der Waals surface area contributed by atoms with Gasteiger partial charge in [-0.25, -0.2) is 0 Å². The first-order valence-corrected chi connectivity index (χ1v) is 7.94. The molecular weight excluding hydrogens is 288 g/mol. The van der Waals surface area contributed by atoms with Crippen molar-refractivity contribution in [2.45, 2.75) is 38.1 Å². The van der Waals surface area contributed by atoms with E-state index >= 15 is 0 Å². The summed E-state index contributed by atoms with van der Waals surface area (Å²) >= 11 is 11.7. The summed E-state index contributed by atoms with van der Waals surface area (Å²) in [5.74, 6) is 0. The number of rotatable bonds is 4. The molecule has 108 valence electrons. The summed E-state index contributed by atoms with van der Waals surface area (Å²) in [6.45, 7) is 4.63. The molecule has 1 N–H and O–H groups in total. The van der Waals surface area contributed by atoms with Crippen molar-refractivity contribution in [3.63, 3.8) is 0 Å². The predicted octanol–water partition coefficient (Wildman–Crippen LogP) is 4.86. The number of nitrogens with zero attached hydrogens (tertiary/aromatic N) is 1. The van der Waals surface area contributed by atoms with E-state index in [4.69, 9.17) is 23.8 Å². The largest absolute Gasteiger partial charge is 0.342 e. The maximum atomic E-state index is 6.18. The minimum absolute atomic E-state index is 0.518. The molecule has 4 heteroatoms. The minimum atomic E-state index is 0.518. The second kappa shape index (κ2) is 7.65. The van der Waals surface area contributed by atoms with Crippen LogP contribution in [0.3, 0.4) is 0 Å². The number of anilines is 1. The summed E-state index contributed by atoms with van der Waals surface area (Å²) in [4.78, 5) is 2.24. The molecular formula is C16H21ClN2S. The Bertz CT molecular complexity index is 469. The van der Waals surface area contributed by atoms with E-state index in [1.807, 2.05) is 30.3 Å². The molecule has 0 heterocycles. The third-order valence-electron chi connectivity index (χ3n) is 3.72. The molecule has 2 rings (SSSR count). The zero-order valence-corrected chi connectivity index (χ0v) is 13.2. The number of hydrogen-bond donors (Lipinski definition) is 1. The predicted molar refractivity (Wildman–Crippen MR) is 91.4 cm³/mol. The molecule has 0 saturated heterocycles. The van der Waals surface area contributed by atoms with Crippen LogP contribution in [0.2, 0.25) is 5.02 Å². The number of hydrogen-bond acceptors (Lipinski definition) is 1. The highest BCUT2D eigenvalue weighted by Crippen LogP contribution is 2.25. The summed E-state index contributed by atoms with van der Waals surface area (Å²) in [6.07, 6.45) is 8.23. The topological polar surface area (TPSA) is 15.3 Å². The molecule has 0 unspecified atom stereocenters. The Morgan fingerprint density at radius 3 is 2.70 bits per heavy atom. The van der Waals surface area contributed by atoms with Gasteiger partial charge in [0.1, 0.15) is 0 Å². The number of benzene rings is 1. The molecule has 0 aliphatic heterocycles. The van der Waals surface area contributed by atoms with Gasteiger partial charge in [-0.05, 0) is 37.2 Å². The zero-order chi connectivity index (χ0) is 14.4. The molecule has 0 amide bonds. The summed E-state index contributed by atoms with van der Waals surface area (Å²) in [6, 6.07) is 8.20. The van der Waals surface area contributed by atoms with Crippen molar-refractivity contribution in [3.8, 4) is 0 Å². The third kappa shape index (κ3) is 3.97. The van der Waals surface area contributed by atoms with E-state index in [1.165, 1.54) is 32.1 Å². The quantitative estimate of drug-likeness (QED) is 0.632. The molecule has 20 heavy (non-hydrogen) atoms. The van der Waals surface area contributed by atoms with Crippen molar-refractivity contribution in [1.82, 2.24) is 4.90 Å². The van der Waals surface area contributed by atoms with Crippen LogP contribution in [-0.2, 0) is 0 Å². The Morgan fingerprint density at radius 1 is 1.35 bits per heavy atom. The van der Waals surface area contributed by atoms with E-state index in [1.54, 1.807) is 0 Å². The Morgan fingerprint density at radius 2 is 2.05 bits per heavy atom. The van der Waals surface area contributed by atoms with E-state index in [0.717, 1.165) is 17.3 Å². The van der Waals surface area contributed by atoms with Crippen LogP contribution in [0.25, 0.3) is 0 Å². The van der Waals surface area contributed by atoms with Crippen LogP contribution in [0, 0.1) is 0 Å². The third-order valence-corrected chi connectivity index (χ3v) is 4.38. The lowest BCUT2D eigenvalue weighted by Crippen LogP contribution is -2.43. The maximum absolute atomic E-state index is 6.18. The van der Waals surface area contributed by atoms with Gasteiger partial charge in [0.2, 0.25) is 0 Å². The average Bonchev–Trinajstić information content (AvgIpc) is 2.48. The van der Waals surface area contributed by atoms with Crippen molar-refractivity contribution < 1.29 is 0 Å². The first kappa shape index (κ1) is 15.3. The lowest BCUT2D eigenvalue weighted by molar-refractivity contribution is 0.263. The summed E-state index contributed by atoms with van der Waals surface area (Å²) in [7, 11) is 0. The van der Waals surface area contributed by atoms with Gasteiger partial charge in [0.25, 0.3) is 0 Å².